The van der Waals surface area contributed by atoms with Crippen molar-refractivity contribution in [2.24, 2.45) is 0 Å². The highest BCUT2D eigenvalue weighted by Gasteiger charge is 2.14. The molecule has 0 saturated carbocycles. The summed E-state index contributed by atoms with van der Waals surface area (Å²) in [7, 11) is 1.58. The summed E-state index contributed by atoms with van der Waals surface area (Å²) in [6.45, 7) is 0.0230. The minimum Gasteiger partial charge on any atom is -0.497 e. The molecule has 0 atom stereocenters. The summed E-state index contributed by atoms with van der Waals surface area (Å²) in [6, 6.07) is 13.7. The summed E-state index contributed by atoms with van der Waals surface area (Å²) < 4.78 is 10.3. The number of hydrogen-bond donors (Lipinski definition) is 2. The van der Waals surface area contributed by atoms with Gasteiger partial charge in [-0.15, -0.1) is 0 Å². The van der Waals surface area contributed by atoms with Crippen LogP contribution in [0.4, 0.5) is 11.5 Å². The Bertz CT molecular complexity index is 972. The third-order valence-electron chi connectivity index (χ3n) is 3.85. The zero-order valence-corrected chi connectivity index (χ0v) is 15.1. The van der Waals surface area contributed by atoms with E-state index in [1.54, 1.807) is 55.6 Å². The molecule has 0 aliphatic carbocycles. The molecule has 0 spiro atoms. The Hall–Kier alpha value is -3.94. The van der Waals surface area contributed by atoms with Crippen molar-refractivity contribution in [2.75, 3.05) is 18.2 Å². The Kier molecular flexibility index (Phi) is 5.81. The Morgan fingerprint density at radius 1 is 1.00 bits per heavy atom. The molecule has 142 valence electrons. The van der Waals surface area contributed by atoms with Crippen LogP contribution in [0.3, 0.4) is 0 Å². The molecule has 3 N–H and O–H groups in total. The second-order valence-corrected chi connectivity index (χ2v) is 5.75. The topological polar surface area (TPSA) is 116 Å². The molecule has 1 aromatic heterocycles. The first-order chi connectivity index (χ1) is 13.6. The number of nitrogens with one attached hydrogen (secondary N) is 1. The highest BCUT2D eigenvalue weighted by molar-refractivity contribution is 6.04. The van der Waals surface area contributed by atoms with Crippen LogP contribution >= 0.6 is 0 Å². The lowest BCUT2D eigenvalue weighted by Gasteiger charge is -2.08. The second kappa shape index (κ2) is 8.63. The number of carbonyl (C=O) groups excluding carboxylic acids is 2. The smallest absolute Gasteiger partial charge is 0.361 e. The van der Waals surface area contributed by atoms with Gasteiger partial charge in [0, 0.05) is 23.6 Å². The van der Waals surface area contributed by atoms with Crippen LogP contribution in [0, 0.1) is 0 Å². The number of methoxy groups -OCH3 is 1. The van der Waals surface area contributed by atoms with Gasteiger partial charge in [-0.2, -0.15) is 0 Å². The van der Waals surface area contributed by atoms with Gasteiger partial charge in [-0.25, -0.2) is 14.8 Å². The van der Waals surface area contributed by atoms with E-state index in [0.29, 0.717) is 17.0 Å². The molecule has 0 saturated heterocycles. The Morgan fingerprint density at radius 2 is 1.68 bits per heavy atom. The fourth-order valence-electron chi connectivity index (χ4n) is 2.35. The molecule has 0 fully saturated rings. The summed E-state index contributed by atoms with van der Waals surface area (Å²) in [5.74, 6) is -0.189. The first-order valence-electron chi connectivity index (χ1n) is 8.35. The van der Waals surface area contributed by atoms with Crippen LogP contribution in [-0.2, 0) is 11.3 Å². The zero-order chi connectivity index (χ0) is 19.9. The van der Waals surface area contributed by atoms with E-state index < -0.39 is 5.97 Å². The first kappa shape index (κ1) is 18.8. The third kappa shape index (κ3) is 4.61. The summed E-state index contributed by atoms with van der Waals surface area (Å²) in [6.07, 6.45) is 2.75. The van der Waals surface area contributed by atoms with E-state index in [1.807, 2.05) is 0 Å². The van der Waals surface area contributed by atoms with E-state index in [9.17, 15) is 9.59 Å². The van der Waals surface area contributed by atoms with Crippen molar-refractivity contribution in [2.45, 2.75) is 6.61 Å². The molecule has 3 aromatic rings. The molecule has 0 unspecified atom stereocenters. The fourth-order valence-corrected chi connectivity index (χ4v) is 2.35. The molecule has 0 bridgehead atoms. The van der Waals surface area contributed by atoms with E-state index in [0.717, 1.165) is 5.56 Å². The van der Waals surface area contributed by atoms with Gasteiger partial charge < -0.3 is 20.5 Å². The van der Waals surface area contributed by atoms with Crippen molar-refractivity contribution < 1.29 is 19.1 Å². The minimum absolute atomic E-state index is 0.0121. The molecule has 1 heterocycles. The predicted molar refractivity (Wildman–Crippen MR) is 103 cm³/mol. The van der Waals surface area contributed by atoms with Crippen molar-refractivity contribution in [3.05, 3.63) is 77.7 Å². The first-order valence-corrected chi connectivity index (χ1v) is 8.35. The lowest BCUT2D eigenvalue weighted by molar-refractivity contribution is 0.0466. The van der Waals surface area contributed by atoms with E-state index in [2.05, 4.69) is 15.3 Å². The molecule has 0 radical (unpaired) electrons. The Balaban J connectivity index is 1.57. The fraction of sp³-hybridized carbons (Fsp3) is 0.100. The number of nitrogens with zero attached hydrogens (tertiary/aromatic N) is 2. The predicted octanol–water partition coefficient (Wildman–Crippen LogP) is 2.68. The summed E-state index contributed by atoms with van der Waals surface area (Å²) in [5.41, 5.74) is 7.42. The second-order valence-electron chi connectivity index (χ2n) is 5.75. The molecule has 8 nitrogen and oxygen atoms in total. The number of amides is 1. The Labute approximate surface area is 161 Å². The average Bonchev–Trinajstić information content (AvgIpc) is 2.73. The monoisotopic (exact) mass is 378 g/mol. The standard InChI is InChI=1S/C20H18N4O4/c1-27-16-8-6-15(7-9-16)24-19(25)14-4-2-13(3-5-14)12-28-20(26)17-18(21)23-11-10-22-17/h2-11H,12H2,1H3,(H2,21,23)(H,24,25). The van der Waals surface area contributed by atoms with Crippen LogP contribution in [0.25, 0.3) is 0 Å². The van der Waals surface area contributed by atoms with Gasteiger partial charge in [0.05, 0.1) is 7.11 Å². The van der Waals surface area contributed by atoms with Gasteiger partial charge in [0.15, 0.2) is 11.5 Å². The molecular formula is C20H18N4O4. The van der Waals surface area contributed by atoms with Crippen molar-refractivity contribution >= 4 is 23.4 Å². The van der Waals surface area contributed by atoms with Crippen LogP contribution in [0.2, 0.25) is 0 Å². The van der Waals surface area contributed by atoms with Crippen molar-refractivity contribution in [1.82, 2.24) is 9.97 Å². The van der Waals surface area contributed by atoms with Gasteiger partial charge in [0.2, 0.25) is 0 Å². The molecule has 28 heavy (non-hydrogen) atoms. The van der Waals surface area contributed by atoms with E-state index >= 15 is 0 Å². The average molecular weight is 378 g/mol. The highest BCUT2D eigenvalue weighted by atomic mass is 16.5. The number of ether oxygens (including phenoxy) is 2. The maximum atomic E-state index is 12.3. The SMILES string of the molecule is COc1ccc(NC(=O)c2ccc(COC(=O)c3nccnc3N)cc2)cc1. The molecule has 3 rings (SSSR count). The zero-order valence-electron chi connectivity index (χ0n) is 15.1. The largest absolute Gasteiger partial charge is 0.497 e. The van der Waals surface area contributed by atoms with E-state index in [-0.39, 0.29) is 24.0 Å². The molecular weight excluding hydrogens is 360 g/mol. The van der Waals surface area contributed by atoms with Gasteiger partial charge in [0.1, 0.15) is 12.4 Å². The van der Waals surface area contributed by atoms with Crippen LogP contribution < -0.4 is 15.8 Å². The molecule has 0 aliphatic heterocycles. The van der Waals surface area contributed by atoms with Crippen molar-refractivity contribution in [3.8, 4) is 5.75 Å². The lowest BCUT2D eigenvalue weighted by atomic mass is 10.1. The number of hydrogen-bond acceptors (Lipinski definition) is 7. The van der Waals surface area contributed by atoms with E-state index in [4.69, 9.17) is 15.2 Å². The summed E-state index contributed by atoms with van der Waals surface area (Å²) >= 11 is 0. The minimum atomic E-state index is -0.660. The number of esters is 1. The number of anilines is 2. The van der Waals surface area contributed by atoms with Gasteiger partial charge in [-0.05, 0) is 42.0 Å². The number of nitrogen functional groups attached to an aromatic ring is 1. The third-order valence-corrected chi connectivity index (χ3v) is 3.85. The molecule has 0 aliphatic rings. The van der Waals surface area contributed by atoms with Crippen molar-refractivity contribution in [1.29, 1.82) is 0 Å². The van der Waals surface area contributed by atoms with Crippen molar-refractivity contribution in [3.63, 3.8) is 0 Å². The maximum Gasteiger partial charge on any atom is 0.361 e. The molecule has 8 heteroatoms. The lowest BCUT2D eigenvalue weighted by Crippen LogP contribution is -2.12. The number of nitrogens with two attached hydrogens (primary N) is 1. The van der Waals surface area contributed by atoms with Crippen LogP contribution in [0.5, 0.6) is 5.75 Å². The van der Waals surface area contributed by atoms with Gasteiger partial charge in [-0.3, -0.25) is 4.79 Å². The number of benzene rings is 2. The quantitative estimate of drug-likeness (QED) is 0.633. The normalized spacial score (nSPS) is 10.2. The van der Waals surface area contributed by atoms with Gasteiger partial charge >= 0.3 is 5.97 Å². The van der Waals surface area contributed by atoms with E-state index in [1.165, 1.54) is 12.4 Å². The maximum absolute atomic E-state index is 12.3. The van der Waals surface area contributed by atoms with Gasteiger partial charge in [-0.1, -0.05) is 12.1 Å². The summed E-state index contributed by atoms with van der Waals surface area (Å²) in [5, 5.41) is 2.80. The molecule has 2 aromatic carbocycles. The van der Waals surface area contributed by atoms with Crippen LogP contribution in [0.15, 0.2) is 60.9 Å². The number of rotatable bonds is 6. The number of aromatic nitrogens is 2. The van der Waals surface area contributed by atoms with Crippen LogP contribution in [0.1, 0.15) is 26.4 Å². The Morgan fingerprint density at radius 3 is 2.32 bits per heavy atom. The van der Waals surface area contributed by atoms with Crippen LogP contribution in [-0.4, -0.2) is 29.0 Å². The molecule has 1 amide bonds. The highest BCUT2D eigenvalue weighted by Crippen LogP contribution is 2.16. The number of carbonyl (C=O) groups is 2. The summed E-state index contributed by atoms with van der Waals surface area (Å²) in [4.78, 5) is 31.9. The van der Waals surface area contributed by atoms with Gasteiger partial charge in [0.25, 0.3) is 5.91 Å².